The van der Waals surface area contributed by atoms with Crippen LogP contribution >= 0.6 is 0 Å². The monoisotopic (exact) mass is 618 g/mol. The van der Waals surface area contributed by atoms with Gasteiger partial charge in [0.05, 0.1) is 11.1 Å². The standard InChI is InChI=1S/C40H42O6/c41-37(42)29-1-5-31(6-2-29)45-35-16-36(46-32-7-3-30(4-8-32)38(43)44)34(40-20-26-12-27(21-40)14-28(13-26)22-40)15-33(35)39-17-23-9-24(18-39)11-25(10-23)19-39/h1-8,15-16,23-28H,9-14,17-22H2,(H,41,42)(H,43,44). The summed E-state index contributed by atoms with van der Waals surface area (Å²) in [5, 5.41) is 19.0. The lowest BCUT2D eigenvalue weighted by atomic mass is 9.46. The molecule has 8 aliphatic rings. The number of aromatic carboxylic acids is 2. The van der Waals surface area contributed by atoms with E-state index in [0.29, 0.717) is 11.5 Å². The molecular weight excluding hydrogens is 576 g/mol. The smallest absolute Gasteiger partial charge is 0.335 e. The third-order valence-corrected chi connectivity index (χ3v) is 13.0. The molecule has 0 aromatic heterocycles. The fourth-order valence-electron chi connectivity index (χ4n) is 12.0. The molecule has 0 aliphatic heterocycles. The number of hydrogen-bond donors (Lipinski definition) is 2. The summed E-state index contributed by atoms with van der Waals surface area (Å²) < 4.78 is 13.6. The second-order valence-corrected chi connectivity index (χ2v) is 16.1. The summed E-state index contributed by atoms with van der Waals surface area (Å²) in [6.45, 7) is 0. The first kappa shape index (κ1) is 28.4. The second-order valence-electron chi connectivity index (χ2n) is 16.1. The largest absolute Gasteiger partial charge is 0.478 e. The molecule has 0 saturated heterocycles. The summed E-state index contributed by atoms with van der Waals surface area (Å²) in [5.41, 5.74) is 3.30. The van der Waals surface area contributed by atoms with E-state index in [9.17, 15) is 19.8 Å². The molecule has 0 spiro atoms. The Morgan fingerprint density at radius 3 is 1.09 bits per heavy atom. The maximum atomic E-state index is 11.6. The van der Waals surface area contributed by atoms with E-state index in [1.165, 1.54) is 88.2 Å². The van der Waals surface area contributed by atoms with Crippen molar-refractivity contribution in [1.82, 2.24) is 0 Å². The molecule has 3 aromatic rings. The topological polar surface area (TPSA) is 93.1 Å². The highest BCUT2D eigenvalue weighted by atomic mass is 16.5. The SMILES string of the molecule is O=C(O)c1ccc(Oc2cc(Oc3ccc(C(=O)O)cc3)c(C34CC5CC(CC(C5)C3)C4)cc2C23CC4CC(CC(C4)C2)C3)cc1. The highest BCUT2D eigenvalue weighted by Gasteiger charge is 2.55. The van der Waals surface area contributed by atoms with E-state index in [1.807, 2.05) is 0 Å². The zero-order chi connectivity index (χ0) is 31.2. The number of carboxylic acids is 2. The first-order valence-corrected chi connectivity index (χ1v) is 17.4. The Morgan fingerprint density at radius 2 is 0.804 bits per heavy atom. The van der Waals surface area contributed by atoms with E-state index in [-0.39, 0.29) is 22.0 Å². The van der Waals surface area contributed by atoms with Gasteiger partial charge < -0.3 is 19.7 Å². The molecule has 6 heteroatoms. The molecule has 8 fully saturated rings. The molecule has 11 rings (SSSR count). The van der Waals surface area contributed by atoms with Gasteiger partial charge in [0.25, 0.3) is 0 Å². The van der Waals surface area contributed by atoms with E-state index in [1.54, 1.807) is 48.5 Å². The third kappa shape index (κ3) is 4.74. The third-order valence-electron chi connectivity index (χ3n) is 13.0. The van der Waals surface area contributed by atoms with Gasteiger partial charge in [-0.15, -0.1) is 0 Å². The van der Waals surface area contributed by atoms with Crippen LogP contribution in [0, 0.1) is 35.5 Å². The summed E-state index contributed by atoms with van der Waals surface area (Å²) in [4.78, 5) is 23.1. The van der Waals surface area contributed by atoms with Crippen LogP contribution < -0.4 is 9.47 Å². The van der Waals surface area contributed by atoms with Gasteiger partial charge in [-0.3, -0.25) is 0 Å². The van der Waals surface area contributed by atoms with Crippen molar-refractivity contribution >= 4 is 11.9 Å². The molecule has 6 nitrogen and oxygen atoms in total. The average Bonchev–Trinajstić information content (AvgIpc) is 3.00. The van der Waals surface area contributed by atoms with E-state index in [4.69, 9.17) is 9.47 Å². The number of hydrogen-bond acceptors (Lipinski definition) is 4. The van der Waals surface area contributed by atoms with Gasteiger partial charge in [-0.1, -0.05) is 0 Å². The Kier molecular flexibility index (Phi) is 6.40. The number of carboxylic acid groups (broad SMARTS) is 2. The van der Waals surface area contributed by atoms with Gasteiger partial charge in [0, 0.05) is 17.2 Å². The summed E-state index contributed by atoms with van der Waals surface area (Å²) >= 11 is 0. The first-order valence-electron chi connectivity index (χ1n) is 17.4. The van der Waals surface area contributed by atoms with Crippen LogP contribution in [-0.4, -0.2) is 22.2 Å². The lowest BCUT2D eigenvalue weighted by Gasteiger charge is -2.58. The Labute approximate surface area is 270 Å². The predicted molar refractivity (Wildman–Crippen MR) is 173 cm³/mol. The molecule has 238 valence electrons. The highest BCUT2D eigenvalue weighted by Crippen LogP contribution is 2.66. The van der Waals surface area contributed by atoms with E-state index < -0.39 is 11.9 Å². The number of benzene rings is 3. The zero-order valence-corrected chi connectivity index (χ0v) is 26.3. The van der Waals surface area contributed by atoms with Crippen molar-refractivity contribution in [1.29, 1.82) is 0 Å². The maximum absolute atomic E-state index is 11.6. The summed E-state index contributed by atoms with van der Waals surface area (Å²) in [6.07, 6.45) is 15.5. The Hall–Kier alpha value is -3.80. The minimum Gasteiger partial charge on any atom is -0.478 e. The Bertz CT molecular complexity index is 1510. The van der Waals surface area contributed by atoms with Crippen LogP contribution in [0.15, 0.2) is 60.7 Å². The zero-order valence-electron chi connectivity index (χ0n) is 26.3. The minimum absolute atomic E-state index is 0.0871. The van der Waals surface area contributed by atoms with Crippen molar-refractivity contribution in [3.63, 3.8) is 0 Å². The number of rotatable bonds is 8. The van der Waals surface area contributed by atoms with Crippen molar-refractivity contribution in [2.75, 3.05) is 0 Å². The molecule has 0 unspecified atom stereocenters. The molecule has 0 heterocycles. The van der Waals surface area contributed by atoms with Crippen molar-refractivity contribution in [2.24, 2.45) is 35.5 Å². The van der Waals surface area contributed by atoms with Gasteiger partial charge in [-0.25, -0.2) is 9.59 Å². The summed E-state index contributed by atoms with van der Waals surface area (Å²) in [7, 11) is 0. The van der Waals surface area contributed by atoms with E-state index in [2.05, 4.69) is 12.1 Å². The van der Waals surface area contributed by atoms with Crippen LogP contribution in [-0.2, 0) is 10.8 Å². The molecule has 2 N–H and O–H groups in total. The number of carbonyl (C=O) groups is 2. The predicted octanol–water partition coefficient (Wildman–Crippen LogP) is 9.60. The summed E-state index contributed by atoms with van der Waals surface area (Å²) in [5.74, 6) is 5.64. The van der Waals surface area contributed by atoms with Crippen molar-refractivity contribution in [3.05, 3.63) is 82.9 Å². The Morgan fingerprint density at radius 1 is 0.500 bits per heavy atom. The average molecular weight is 619 g/mol. The molecule has 8 saturated carbocycles. The lowest BCUT2D eigenvalue weighted by Crippen LogP contribution is -2.50. The van der Waals surface area contributed by atoms with Crippen LogP contribution in [0.4, 0.5) is 0 Å². The Balaban J connectivity index is 1.20. The van der Waals surface area contributed by atoms with Crippen LogP contribution in [0.25, 0.3) is 0 Å². The van der Waals surface area contributed by atoms with Gasteiger partial charge in [0.2, 0.25) is 0 Å². The van der Waals surface area contributed by atoms with Gasteiger partial charge in [0.1, 0.15) is 23.0 Å². The molecule has 3 aromatic carbocycles. The summed E-state index contributed by atoms with van der Waals surface area (Å²) in [6, 6.07) is 18.1. The molecule has 0 radical (unpaired) electrons. The van der Waals surface area contributed by atoms with Crippen molar-refractivity contribution in [3.8, 4) is 23.0 Å². The minimum atomic E-state index is -0.953. The van der Waals surface area contributed by atoms with Gasteiger partial charge >= 0.3 is 11.9 Å². The fourth-order valence-corrected chi connectivity index (χ4v) is 12.0. The highest BCUT2D eigenvalue weighted by molar-refractivity contribution is 5.88. The molecule has 8 aliphatic carbocycles. The normalized spacial score (nSPS) is 34.9. The lowest BCUT2D eigenvalue weighted by molar-refractivity contribution is -0.00938. The van der Waals surface area contributed by atoms with Gasteiger partial charge in [0.15, 0.2) is 0 Å². The quantitative estimate of drug-likeness (QED) is 0.261. The van der Waals surface area contributed by atoms with Gasteiger partial charge in [-0.05, 0) is 178 Å². The number of ether oxygens (including phenoxy) is 2. The van der Waals surface area contributed by atoms with Crippen LogP contribution in [0.1, 0.15) is 109 Å². The van der Waals surface area contributed by atoms with Crippen LogP contribution in [0.3, 0.4) is 0 Å². The van der Waals surface area contributed by atoms with Crippen LogP contribution in [0.5, 0.6) is 23.0 Å². The molecule has 0 amide bonds. The van der Waals surface area contributed by atoms with Gasteiger partial charge in [-0.2, -0.15) is 0 Å². The fraction of sp³-hybridized carbons (Fsp3) is 0.500. The van der Waals surface area contributed by atoms with E-state index >= 15 is 0 Å². The molecule has 46 heavy (non-hydrogen) atoms. The second kappa shape index (κ2) is 10.4. The molecule has 0 atom stereocenters. The van der Waals surface area contributed by atoms with E-state index in [0.717, 1.165) is 47.0 Å². The first-order chi connectivity index (χ1) is 22.2. The molecular formula is C40H42O6. The van der Waals surface area contributed by atoms with Crippen molar-refractivity contribution in [2.45, 2.75) is 87.9 Å². The van der Waals surface area contributed by atoms with Crippen molar-refractivity contribution < 1.29 is 29.3 Å². The molecule has 8 bridgehead atoms. The maximum Gasteiger partial charge on any atom is 0.335 e. The van der Waals surface area contributed by atoms with Crippen LogP contribution in [0.2, 0.25) is 0 Å².